The molecule has 0 saturated carbocycles. The molecule has 0 aromatic carbocycles. The number of nitrogens with zero attached hydrogens (tertiary/aromatic N) is 3. The molecule has 64 valence electrons. The van der Waals surface area contributed by atoms with E-state index in [4.69, 9.17) is 0 Å². The number of carbonyl (C=O) groups is 1. The molecule has 0 aliphatic rings. The Morgan fingerprint density at radius 3 is 2.83 bits per heavy atom. The Morgan fingerprint density at radius 1 is 1.58 bits per heavy atom. The largest absolute Gasteiger partial charge is 0.361 e. The maximum atomic E-state index is 10.9. The van der Waals surface area contributed by atoms with Crippen molar-refractivity contribution in [3.63, 3.8) is 0 Å². The van der Waals surface area contributed by atoms with E-state index in [0.29, 0.717) is 0 Å². The second-order valence-corrected chi connectivity index (χ2v) is 3.25. The third kappa shape index (κ3) is 2.43. The van der Waals surface area contributed by atoms with Crippen molar-refractivity contribution in [1.29, 1.82) is 0 Å². The summed E-state index contributed by atoms with van der Waals surface area (Å²) in [6.45, 7) is 0. The maximum Gasteiger partial charge on any atom is 0.361 e. The van der Waals surface area contributed by atoms with Gasteiger partial charge in [-0.1, -0.05) is 5.11 Å². The predicted octanol–water partition coefficient (Wildman–Crippen LogP) is 2.51. The second-order valence-electron chi connectivity index (χ2n) is 2.33. The van der Waals surface area contributed by atoms with Crippen LogP contribution in [0.25, 0.3) is 0 Å². The lowest BCUT2D eigenvalue weighted by molar-refractivity contribution is 0.226. The summed E-state index contributed by atoms with van der Waals surface area (Å²) in [6, 6.07) is 3.32. The van der Waals surface area contributed by atoms with E-state index in [2.05, 4.69) is 10.2 Å². The van der Waals surface area contributed by atoms with E-state index in [1.165, 1.54) is 16.2 Å². The van der Waals surface area contributed by atoms with Crippen LogP contribution in [-0.4, -0.2) is 25.0 Å². The van der Waals surface area contributed by atoms with Crippen molar-refractivity contribution < 1.29 is 4.79 Å². The van der Waals surface area contributed by atoms with Crippen LogP contribution in [0.15, 0.2) is 27.7 Å². The van der Waals surface area contributed by atoms with E-state index >= 15 is 0 Å². The minimum Gasteiger partial charge on any atom is -0.328 e. The van der Waals surface area contributed by atoms with Gasteiger partial charge in [-0.15, -0.1) is 16.5 Å². The van der Waals surface area contributed by atoms with Crippen LogP contribution in [0.1, 0.15) is 0 Å². The number of azo groups is 1. The molecule has 0 radical (unpaired) electrons. The van der Waals surface area contributed by atoms with E-state index in [1.54, 1.807) is 20.2 Å². The molecule has 12 heavy (non-hydrogen) atoms. The Morgan fingerprint density at radius 2 is 2.33 bits per heavy atom. The summed E-state index contributed by atoms with van der Waals surface area (Å²) in [7, 11) is 3.27. The lowest BCUT2D eigenvalue weighted by atomic mass is 10.6. The topological polar surface area (TPSA) is 45.0 Å². The molecule has 0 fully saturated rings. The van der Waals surface area contributed by atoms with Gasteiger partial charge >= 0.3 is 6.03 Å². The fourth-order valence-electron chi connectivity index (χ4n) is 0.508. The molecule has 2 amide bonds. The van der Waals surface area contributed by atoms with Crippen molar-refractivity contribution in [2.75, 3.05) is 14.1 Å². The van der Waals surface area contributed by atoms with Crippen LogP contribution in [0.4, 0.5) is 9.80 Å². The molecular formula is C7H9N3OS. The molecule has 0 atom stereocenters. The van der Waals surface area contributed by atoms with Gasteiger partial charge in [0.05, 0.1) is 0 Å². The molecule has 0 spiro atoms. The molecule has 1 aromatic rings. The number of hydrogen-bond acceptors (Lipinski definition) is 3. The fourth-order valence-corrected chi connectivity index (χ4v) is 1.05. The zero-order valence-corrected chi connectivity index (χ0v) is 7.71. The summed E-state index contributed by atoms with van der Waals surface area (Å²) in [5.41, 5.74) is 0. The SMILES string of the molecule is CN(C)C(=O)N=Nc1cccs1. The molecule has 0 unspecified atom stereocenters. The summed E-state index contributed by atoms with van der Waals surface area (Å²) in [5.74, 6) is 0. The first kappa shape index (κ1) is 8.86. The molecule has 1 rings (SSSR count). The Kier molecular flexibility index (Phi) is 2.93. The number of rotatable bonds is 1. The average Bonchev–Trinajstić information content (AvgIpc) is 2.51. The van der Waals surface area contributed by atoms with Crippen molar-refractivity contribution in [2.45, 2.75) is 0 Å². The highest BCUT2D eigenvalue weighted by molar-refractivity contribution is 7.13. The zero-order valence-electron chi connectivity index (χ0n) is 6.89. The molecule has 5 heteroatoms. The Bertz CT molecular complexity index is 279. The molecule has 0 bridgehead atoms. The van der Waals surface area contributed by atoms with Gasteiger partial charge in [0.2, 0.25) is 0 Å². The first-order valence-electron chi connectivity index (χ1n) is 3.36. The Labute approximate surface area is 74.5 Å². The first-order valence-corrected chi connectivity index (χ1v) is 4.24. The second kappa shape index (κ2) is 3.96. The van der Waals surface area contributed by atoms with Crippen LogP contribution in [0.3, 0.4) is 0 Å². The highest BCUT2D eigenvalue weighted by atomic mass is 32.1. The van der Waals surface area contributed by atoms with Gasteiger partial charge in [-0.05, 0) is 17.5 Å². The van der Waals surface area contributed by atoms with Crippen molar-refractivity contribution in [2.24, 2.45) is 10.2 Å². The fraction of sp³-hybridized carbons (Fsp3) is 0.286. The summed E-state index contributed by atoms with van der Waals surface area (Å²) in [6.07, 6.45) is 0. The quantitative estimate of drug-likeness (QED) is 0.617. The number of amides is 2. The van der Waals surface area contributed by atoms with Gasteiger partial charge in [-0.3, -0.25) is 0 Å². The monoisotopic (exact) mass is 183 g/mol. The Hall–Kier alpha value is -1.23. The normalized spacial score (nSPS) is 10.5. The minimum absolute atomic E-state index is 0.344. The van der Waals surface area contributed by atoms with Crippen LogP contribution in [0.5, 0.6) is 0 Å². The third-order valence-corrected chi connectivity index (χ3v) is 1.88. The summed E-state index contributed by atoms with van der Waals surface area (Å²) in [5, 5.41) is 9.85. The van der Waals surface area contributed by atoms with Gasteiger partial charge in [0.25, 0.3) is 0 Å². The number of carbonyl (C=O) groups excluding carboxylic acids is 1. The van der Waals surface area contributed by atoms with Crippen molar-refractivity contribution >= 4 is 22.4 Å². The van der Waals surface area contributed by atoms with Gasteiger partial charge in [0.1, 0.15) is 5.00 Å². The maximum absolute atomic E-state index is 10.9. The highest BCUT2D eigenvalue weighted by Gasteiger charge is 1.99. The lowest BCUT2D eigenvalue weighted by Crippen LogP contribution is -2.16. The zero-order chi connectivity index (χ0) is 8.97. The van der Waals surface area contributed by atoms with Gasteiger partial charge < -0.3 is 4.90 Å². The van der Waals surface area contributed by atoms with Crippen molar-refractivity contribution in [1.82, 2.24) is 4.90 Å². The van der Waals surface area contributed by atoms with Gasteiger partial charge in [0, 0.05) is 14.1 Å². The molecule has 0 aliphatic carbocycles. The molecule has 4 nitrogen and oxygen atoms in total. The van der Waals surface area contributed by atoms with Crippen LogP contribution >= 0.6 is 11.3 Å². The van der Waals surface area contributed by atoms with Crippen LogP contribution in [-0.2, 0) is 0 Å². The average molecular weight is 183 g/mol. The number of thiophene rings is 1. The highest BCUT2D eigenvalue weighted by Crippen LogP contribution is 2.19. The standard InChI is InChI=1S/C7H9N3OS/c1-10(2)7(11)9-8-6-4-3-5-12-6/h3-5H,1-2H3. The van der Waals surface area contributed by atoms with Gasteiger partial charge in [-0.25, -0.2) is 4.79 Å². The third-order valence-electron chi connectivity index (χ3n) is 1.12. The molecule has 1 aromatic heterocycles. The van der Waals surface area contributed by atoms with Gasteiger partial charge in [0.15, 0.2) is 0 Å². The predicted molar refractivity (Wildman–Crippen MR) is 47.9 cm³/mol. The van der Waals surface area contributed by atoms with E-state index < -0.39 is 0 Å². The van der Waals surface area contributed by atoms with E-state index in [0.717, 1.165) is 5.00 Å². The summed E-state index contributed by atoms with van der Waals surface area (Å²) in [4.78, 5) is 12.3. The van der Waals surface area contributed by atoms with E-state index in [1.807, 2.05) is 11.4 Å². The molecule has 0 aliphatic heterocycles. The summed E-state index contributed by atoms with van der Waals surface area (Å²) >= 11 is 1.45. The van der Waals surface area contributed by atoms with Crippen LogP contribution in [0, 0.1) is 0 Å². The lowest BCUT2D eigenvalue weighted by Gasteiger charge is -2.02. The summed E-state index contributed by atoms with van der Waals surface area (Å²) < 4.78 is 0. The van der Waals surface area contributed by atoms with E-state index in [9.17, 15) is 4.79 Å². The number of hydrogen-bond donors (Lipinski definition) is 0. The molecule has 1 heterocycles. The molecule has 0 N–H and O–H groups in total. The smallest absolute Gasteiger partial charge is 0.328 e. The molecule has 0 saturated heterocycles. The number of urea groups is 1. The first-order chi connectivity index (χ1) is 5.70. The van der Waals surface area contributed by atoms with Gasteiger partial charge in [-0.2, -0.15) is 0 Å². The van der Waals surface area contributed by atoms with Crippen molar-refractivity contribution in [3.05, 3.63) is 17.5 Å². The van der Waals surface area contributed by atoms with Crippen molar-refractivity contribution in [3.8, 4) is 0 Å². The van der Waals surface area contributed by atoms with Crippen LogP contribution < -0.4 is 0 Å². The molecular weight excluding hydrogens is 174 g/mol. The van der Waals surface area contributed by atoms with E-state index in [-0.39, 0.29) is 6.03 Å². The van der Waals surface area contributed by atoms with Crippen LogP contribution in [0.2, 0.25) is 0 Å². The minimum atomic E-state index is -0.344. The Balaban J connectivity index is 2.57.